The maximum Gasteiger partial charge on any atom is 0.408 e. The van der Waals surface area contributed by atoms with Gasteiger partial charge in [-0.2, -0.15) is 0 Å². The molecule has 1 atom stereocenters. The van der Waals surface area contributed by atoms with Gasteiger partial charge in [-0.3, -0.25) is 19.1 Å². The molecule has 0 saturated heterocycles. The normalized spacial score (nSPS) is 13.5. The molecule has 266 valence electrons. The minimum absolute atomic E-state index is 0.000531. The molecule has 14 heteroatoms. The number of benzene rings is 2. The maximum absolute atomic E-state index is 13.3. The molecule has 5 rings (SSSR count). The minimum Gasteiger partial charge on any atom is -0.444 e. The predicted octanol–water partition coefficient (Wildman–Crippen LogP) is 5.70. The van der Waals surface area contributed by atoms with Crippen LogP contribution in [0.2, 0.25) is 5.02 Å². The van der Waals surface area contributed by atoms with E-state index < -0.39 is 17.7 Å². The Labute approximate surface area is 305 Å². The molecule has 3 amide bonds. The lowest BCUT2D eigenvalue weighted by atomic mass is 9.99. The smallest absolute Gasteiger partial charge is 0.408 e. The van der Waals surface area contributed by atoms with Gasteiger partial charge in [-0.25, -0.2) is 4.79 Å². The number of anilines is 1. The van der Waals surface area contributed by atoms with Gasteiger partial charge in [0.1, 0.15) is 22.5 Å². The van der Waals surface area contributed by atoms with Crippen molar-refractivity contribution in [2.24, 2.45) is 4.99 Å². The van der Waals surface area contributed by atoms with Gasteiger partial charge in [-0.1, -0.05) is 35.6 Å². The number of aliphatic imine (C=N–C) groups is 1. The summed E-state index contributed by atoms with van der Waals surface area (Å²) < 4.78 is 7.17. The highest BCUT2D eigenvalue weighted by atomic mass is 35.5. The first kappa shape index (κ1) is 37.2. The summed E-state index contributed by atoms with van der Waals surface area (Å²) in [6.07, 6.45) is -0.552. The second kappa shape index (κ2) is 15.9. The molecule has 0 bridgehead atoms. The van der Waals surface area contributed by atoms with Gasteiger partial charge >= 0.3 is 6.09 Å². The molecule has 0 radical (unpaired) electrons. The van der Waals surface area contributed by atoms with Crippen molar-refractivity contribution in [3.05, 3.63) is 91.8 Å². The Kier molecular flexibility index (Phi) is 11.6. The molecule has 0 fully saturated rings. The molecule has 4 N–H and O–H groups in total. The second-order valence-corrected chi connectivity index (χ2v) is 14.6. The van der Waals surface area contributed by atoms with Crippen LogP contribution in [0.3, 0.4) is 0 Å². The summed E-state index contributed by atoms with van der Waals surface area (Å²) in [6, 6.07) is 11.8. The molecule has 2 aromatic heterocycles. The van der Waals surface area contributed by atoms with Crippen LogP contribution in [0.1, 0.15) is 84.0 Å². The molecule has 3 heterocycles. The first-order chi connectivity index (χ1) is 24.2. The van der Waals surface area contributed by atoms with E-state index in [2.05, 4.69) is 51.8 Å². The number of carbonyl (C=O) groups excluding carboxylic acids is 3. The molecular formula is C37H40ClN7O5S. The van der Waals surface area contributed by atoms with Crippen LogP contribution in [0, 0.1) is 32.6 Å². The van der Waals surface area contributed by atoms with E-state index >= 15 is 0 Å². The average molecular weight is 730 g/mol. The Morgan fingerprint density at radius 3 is 2.49 bits per heavy atom. The van der Waals surface area contributed by atoms with Crippen molar-refractivity contribution >= 4 is 52.2 Å². The van der Waals surface area contributed by atoms with E-state index in [0.29, 0.717) is 33.5 Å². The third kappa shape index (κ3) is 9.21. The zero-order chi connectivity index (χ0) is 36.9. The number of rotatable bonds is 9. The van der Waals surface area contributed by atoms with E-state index in [4.69, 9.17) is 21.3 Å². The number of halogens is 1. The van der Waals surface area contributed by atoms with E-state index in [-0.39, 0.29) is 44.4 Å². The first-order valence-corrected chi connectivity index (χ1v) is 17.6. The molecule has 0 saturated carbocycles. The van der Waals surface area contributed by atoms with Crippen molar-refractivity contribution in [2.75, 3.05) is 18.4 Å². The molecule has 0 unspecified atom stereocenters. The third-order valence-electron chi connectivity index (χ3n) is 7.91. The number of fused-ring (bicyclic) bond motifs is 3. The van der Waals surface area contributed by atoms with Crippen molar-refractivity contribution in [3.63, 3.8) is 0 Å². The Morgan fingerprint density at radius 2 is 1.78 bits per heavy atom. The van der Waals surface area contributed by atoms with Crippen LogP contribution in [0.15, 0.2) is 47.5 Å². The average Bonchev–Trinajstić information content (AvgIpc) is 3.54. The van der Waals surface area contributed by atoms with E-state index in [9.17, 15) is 19.5 Å². The van der Waals surface area contributed by atoms with Crippen LogP contribution in [0.25, 0.3) is 5.00 Å². The molecular weight excluding hydrogens is 690 g/mol. The van der Waals surface area contributed by atoms with Gasteiger partial charge in [0.05, 0.1) is 25.3 Å². The maximum atomic E-state index is 13.3. The fourth-order valence-electron chi connectivity index (χ4n) is 5.41. The largest absolute Gasteiger partial charge is 0.444 e. The molecule has 2 aromatic carbocycles. The Morgan fingerprint density at radius 1 is 1.04 bits per heavy atom. The van der Waals surface area contributed by atoms with Crippen LogP contribution in [-0.2, 0) is 20.9 Å². The van der Waals surface area contributed by atoms with Crippen molar-refractivity contribution in [1.29, 1.82) is 0 Å². The summed E-state index contributed by atoms with van der Waals surface area (Å²) in [7, 11) is 0. The summed E-state index contributed by atoms with van der Waals surface area (Å²) in [5.41, 5.74) is 4.63. The van der Waals surface area contributed by atoms with Crippen molar-refractivity contribution in [2.45, 2.75) is 72.6 Å². The molecule has 51 heavy (non-hydrogen) atoms. The number of hydrogen-bond acceptors (Lipinski definition) is 9. The predicted molar refractivity (Wildman–Crippen MR) is 198 cm³/mol. The highest BCUT2D eigenvalue weighted by Gasteiger charge is 2.32. The highest BCUT2D eigenvalue weighted by Crippen LogP contribution is 2.39. The third-order valence-corrected chi connectivity index (χ3v) is 9.36. The number of aliphatic hydroxyl groups is 1. The van der Waals surface area contributed by atoms with Gasteiger partial charge in [-0.05, 0) is 83.0 Å². The number of alkyl carbamates (subject to hydrolysis) is 1. The number of aryl methyl sites for hydroxylation is 2. The van der Waals surface area contributed by atoms with Gasteiger partial charge in [0.25, 0.3) is 0 Å². The van der Waals surface area contributed by atoms with Crippen LogP contribution < -0.4 is 16.0 Å². The topological polar surface area (TPSA) is 160 Å². The molecule has 12 nitrogen and oxygen atoms in total. The zero-order valence-corrected chi connectivity index (χ0v) is 30.9. The van der Waals surface area contributed by atoms with E-state index in [0.717, 1.165) is 32.3 Å². The minimum atomic E-state index is -0.628. The van der Waals surface area contributed by atoms with Crippen LogP contribution in [0.5, 0.6) is 0 Å². The summed E-state index contributed by atoms with van der Waals surface area (Å²) in [5, 5.41) is 28.4. The number of hydrogen-bond donors (Lipinski definition) is 4. The monoisotopic (exact) mass is 729 g/mol. The molecule has 0 aliphatic carbocycles. The highest BCUT2D eigenvalue weighted by molar-refractivity contribution is 7.15. The first-order valence-electron chi connectivity index (χ1n) is 16.4. The fraction of sp³-hybridized carbons (Fsp3) is 0.351. The fourth-order valence-corrected chi connectivity index (χ4v) is 6.75. The number of aliphatic hydroxyl groups excluding tert-OH is 1. The van der Waals surface area contributed by atoms with Gasteiger partial charge in [0.2, 0.25) is 11.8 Å². The Hall–Kier alpha value is -5.03. The van der Waals surface area contributed by atoms with E-state index in [1.807, 2.05) is 35.8 Å². The van der Waals surface area contributed by atoms with E-state index in [1.54, 1.807) is 50.3 Å². The zero-order valence-electron chi connectivity index (χ0n) is 29.3. The Balaban J connectivity index is 1.21. The van der Waals surface area contributed by atoms with Crippen LogP contribution >= 0.6 is 22.9 Å². The summed E-state index contributed by atoms with van der Waals surface area (Å²) in [4.78, 5) is 44.1. The lowest BCUT2D eigenvalue weighted by molar-refractivity contribution is -0.121. The quantitative estimate of drug-likeness (QED) is 0.161. The number of aromatic nitrogens is 3. The number of carbonyl (C=O) groups is 3. The summed E-state index contributed by atoms with van der Waals surface area (Å²) in [5.74, 6) is 6.40. The molecule has 0 spiro atoms. The molecule has 4 aromatic rings. The van der Waals surface area contributed by atoms with E-state index in [1.165, 1.54) is 0 Å². The SMILES string of the molecule is Cc1sc2c(c1C)C(c1ccc(Cl)cc1)=N[C@@H](CC(=O)NCCC(=O)Nc1ccc(C#CCNC(=O)OC(C)(C)C)c(CO)c1)c1nnc(C)n1-2. The standard InChI is InChI=1S/C37H40ClN7O5S/c1-21-22(2)51-35-32(21)33(25-9-12-27(38)13-10-25)42-29(34-44-43-23(3)45(34)35)19-31(48)39-17-15-30(47)41-28-14-11-24(26(18-28)20-46)8-7-16-40-36(49)50-37(4,5)6/h9-14,18,29,46H,15-17,19-20H2,1-6H3,(H,39,48)(H,40,49)(H,41,47)/t29-/m0/s1. The van der Waals surface area contributed by atoms with Crippen LogP contribution in [0.4, 0.5) is 10.5 Å². The van der Waals surface area contributed by atoms with Crippen LogP contribution in [-0.4, -0.2) is 62.2 Å². The number of ether oxygens (including phenoxy) is 1. The lowest BCUT2D eigenvalue weighted by Crippen LogP contribution is -2.32. The number of nitrogens with zero attached hydrogens (tertiary/aromatic N) is 4. The number of amides is 3. The molecule has 1 aliphatic rings. The summed E-state index contributed by atoms with van der Waals surface area (Å²) in [6.45, 7) is 11.2. The number of thiophene rings is 1. The lowest BCUT2D eigenvalue weighted by Gasteiger charge is -2.19. The van der Waals surface area contributed by atoms with Gasteiger partial charge in [0.15, 0.2) is 5.82 Å². The van der Waals surface area contributed by atoms with Gasteiger partial charge in [-0.15, -0.1) is 21.5 Å². The Bertz CT molecular complexity index is 2050. The summed E-state index contributed by atoms with van der Waals surface area (Å²) >= 11 is 7.83. The van der Waals surface area contributed by atoms with Crippen molar-refractivity contribution < 1.29 is 24.2 Å². The van der Waals surface area contributed by atoms with Crippen molar-refractivity contribution in [3.8, 4) is 16.8 Å². The molecule has 1 aliphatic heterocycles. The second-order valence-electron chi connectivity index (χ2n) is 12.9. The van der Waals surface area contributed by atoms with Gasteiger partial charge < -0.3 is 25.8 Å². The van der Waals surface area contributed by atoms with Gasteiger partial charge in [0, 0.05) is 45.2 Å². The number of nitrogens with one attached hydrogen (secondary N) is 3. The van der Waals surface area contributed by atoms with Crippen molar-refractivity contribution in [1.82, 2.24) is 25.4 Å².